The maximum atomic E-state index is 2.50. The predicted molar refractivity (Wildman–Crippen MR) is 245 cm³/mol. The van der Waals surface area contributed by atoms with Gasteiger partial charge in [0, 0.05) is 27.9 Å². The van der Waals surface area contributed by atoms with Crippen molar-refractivity contribution < 1.29 is 0 Å². The summed E-state index contributed by atoms with van der Waals surface area (Å²) in [5.41, 5.74) is 22.1. The molecule has 0 heterocycles. The molecule has 0 unspecified atom stereocenters. The molecule has 1 nitrogen and oxygen atoms in total. The van der Waals surface area contributed by atoms with Crippen molar-refractivity contribution in [1.82, 2.24) is 0 Å². The van der Waals surface area contributed by atoms with Crippen LogP contribution in [-0.4, -0.2) is 0 Å². The molecular weight excluding hydrogens is 687 g/mol. The van der Waals surface area contributed by atoms with Crippen molar-refractivity contribution in [3.63, 3.8) is 0 Å². The zero-order chi connectivity index (χ0) is 40.1. The lowest BCUT2D eigenvalue weighted by Crippen LogP contribution is -2.19. The van der Waals surface area contributed by atoms with E-state index in [-0.39, 0.29) is 21.7 Å². The van der Waals surface area contributed by atoms with E-state index >= 15 is 0 Å². The smallest absolute Gasteiger partial charge is 0.0465 e. The fourth-order valence-electron chi connectivity index (χ4n) is 9.48. The third-order valence-electron chi connectivity index (χ3n) is 13.0. The Kier molecular flexibility index (Phi) is 8.38. The molecule has 2 aliphatic carbocycles. The first-order chi connectivity index (χ1) is 27.0. The molecule has 7 aromatic carbocycles. The number of nitrogens with zero attached hydrogens (tertiary/aromatic N) is 1. The molecule has 0 saturated heterocycles. The maximum absolute atomic E-state index is 2.50. The van der Waals surface area contributed by atoms with Crippen LogP contribution < -0.4 is 4.90 Å². The van der Waals surface area contributed by atoms with E-state index in [0.717, 1.165) is 17.1 Å². The molecule has 0 saturated carbocycles. The highest BCUT2D eigenvalue weighted by Gasteiger charge is 2.39. The lowest BCUT2D eigenvalue weighted by Gasteiger charge is -2.29. The first-order valence-corrected chi connectivity index (χ1v) is 20.7. The van der Waals surface area contributed by atoms with Crippen LogP contribution in [0.2, 0.25) is 0 Å². The van der Waals surface area contributed by atoms with Gasteiger partial charge in [-0.25, -0.2) is 0 Å². The summed E-state index contributed by atoms with van der Waals surface area (Å²) >= 11 is 0. The average molecular weight is 742 g/mol. The summed E-state index contributed by atoms with van der Waals surface area (Å²) in [5, 5.41) is 0. The highest BCUT2D eigenvalue weighted by molar-refractivity contribution is 5.94. The van der Waals surface area contributed by atoms with Crippen LogP contribution in [0.3, 0.4) is 0 Å². The third-order valence-corrected chi connectivity index (χ3v) is 13.0. The predicted octanol–water partition coefficient (Wildman–Crippen LogP) is 15.7. The molecule has 0 fully saturated rings. The molecule has 0 amide bonds. The molecule has 7 aromatic rings. The molecular formula is C56H55N. The summed E-state index contributed by atoms with van der Waals surface area (Å²) in [6.07, 6.45) is 0. The van der Waals surface area contributed by atoms with E-state index < -0.39 is 0 Å². The van der Waals surface area contributed by atoms with Gasteiger partial charge in [0.05, 0.1) is 0 Å². The fraction of sp³-hybridized carbons (Fsp3) is 0.250. The number of fused-ring (bicyclic) bond motifs is 6. The van der Waals surface area contributed by atoms with E-state index in [1.165, 1.54) is 77.9 Å². The second-order valence-corrected chi connectivity index (χ2v) is 19.5. The van der Waals surface area contributed by atoms with E-state index in [0.29, 0.717) is 0 Å². The van der Waals surface area contributed by atoms with Gasteiger partial charge in [0.25, 0.3) is 0 Å². The van der Waals surface area contributed by atoms with Crippen LogP contribution in [0.25, 0.3) is 44.5 Å². The number of hydrogen-bond acceptors (Lipinski definition) is 1. The maximum Gasteiger partial charge on any atom is 0.0465 e. The lowest BCUT2D eigenvalue weighted by atomic mass is 9.76. The van der Waals surface area contributed by atoms with Crippen LogP contribution in [0, 0.1) is 0 Å². The fourth-order valence-corrected chi connectivity index (χ4v) is 9.48. The minimum atomic E-state index is -0.106. The Bertz CT molecular complexity index is 2660. The Labute approximate surface area is 341 Å². The van der Waals surface area contributed by atoms with Crippen LogP contribution in [-0.2, 0) is 21.7 Å². The standard InChI is InChI=1S/C56H55N/c1-53(2,3)39-24-30-46-49(33-39)56(9,10)51-34-40(54(4,5)6)32-47(52(46)51)38-22-27-42(28-23-38)57(41-25-20-37(21-26-41)36-16-12-11-13-17-36)43-29-31-45-44-18-14-15-19-48(44)55(7,8)50(45)35-43/h11-35H,1-10H3. The number of anilines is 3. The third kappa shape index (κ3) is 6.06. The molecule has 0 radical (unpaired) electrons. The Morgan fingerprint density at radius 1 is 0.351 bits per heavy atom. The second kappa shape index (κ2) is 12.9. The molecule has 0 bridgehead atoms. The van der Waals surface area contributed by atoms with Gasteiger partial charge in [-0.1, -0.05) is 178 Å². The molecule has 1 heteroatoms. The van der Waals surface area contributed by atoms with Crippen LogP contribution in [0.1, 0.15) is 103 Å². The average Bonchev–Trinajstić information content (AvgIpc) is 3.57. The number of rotatable bonds is 5. The van der Waals surface area contributed by atoms with Gasteiger partial charge in [-0.2, -0.15) is 0 Å². The van der Waals surface area contributed by atoms with Crippen molar-refractivity contribution >= 4 is 17.1 Å². The van der Waals surface area contributed by atoms with Gasteiger partial charge >= 0.3 is 0 Å². The second-order valence-electron chi connectivity index (χ2n) is 19.5. The highest BCUT2D eigenvalue weighted by atomic mass is 15.1. The molecule has 284 valence electrons. The van der Waals surface area contributed by atoms with Gasteiger partial charge in [-0.05, 0) is 131 Å². The largest absolute Gasteiger partial charge is 0.310 e. The zero-order valence-electron chi connectivity index (χ0n) is 35.4. The van der Waals surface area contributed by atoms with Gasteiger partial charge in [0.2, 0.25) is 0 Å². The van der Waals surface area contributed by atoms with E-state index in [4.69, 9.17) is 0 Å². The SMILES string of the molecule is CC(C)(C)c1ccc2c(c1)C(C)(C)c1cc(C(C)(C)C)cc(-c3ccc(N(c4ccc(-c5ccccc5)cc4)c4ccc5c(c4)C(C)(C)c4ccccc4-5)cc3)c1-2. The van der Waals surface area contributed by atoms with Crippen molar-refractivity contribution in [2.45, 2.75) is 90.9 Å². The normalized spacial score (nSPS) is 14.8. The van der Waals surface area contributed by atoms with Gasteiger partial charge in [0.15, 0.2) is 0 Å². The lowest BCUT2D eigenvalue weighted by molar-refractivity contribution is 0.580. The zero-order valence-corrected chi connectivity index (χ0v) is 35.4. The number of hydrogen-bond donors (Lipinski definition) is 0. The van der Waals surface area contributed by atoms with Gasteiger partial charge in [0.1, 0.15) is 0 Å². The first kappa shape index (κ1) is 36.9. The molecule has 0 atom stereocenters. The van der Waals surface area contributed by atoms with Crippen molar-refractivity contribution in [3.8, 4) is 44.5 Å². The summed E-state index contributed by atoms with van der Waals surface area (Å²) in [6.45, 7) is 23.5. The Balaban J connectivity index is 1.19. The Morgan fingerprint density at radius 3 is 1.49 bits per heavy atom. The molecule has 2 aliphatic rings. The quantitative estimate of drug-likeness (QED) is 0.170. The van der Waals surface area contributed by atoms with Crippen molar-refractivity contribution in [3.05, 3.63) is 185 Å². The highest BCUT2D eigenvalue weighted by Crippen LogP contribution is 2.55. The molecule has 0 spiro atoms. The topological polar surface area (TPSA) is 3.24 Å². The van der Waals surface area contributed by atoms with E-state index in [2.05, 4.69) is 226 Å². The van der Waals surface area contributed by atoms with Crippen molar-refractivity contribution in [2.24, 2.45) is 0 Å². The van der Waals surface area contributed by atoms with Crippen molar-refractivity contribution in [2.75, 3.05) is 4.90 Å². The van der Waals surface area contributed by atoms with E-state index in [9.17, 15) is 0 Å². The van der Waals surface area contributed by atoms with Crippen molar-refractivity contribution in [1.29, 1.82) is 0 Å². The van der Waals surface area contributed by atoms with Gasteiger partial charge in [-0.15, -0.1) is 0 Å². The van der Waals surface area contributed by atoms with E-state index in [1.807, 2.05) is 0 Å². The van der Waals surface area contributed by atoms with Crippen LogP contribution in [0.4, 0.5) is 17.1 Å². The van der Waals surface area contributed by atoms with Crippen LogP contribution in [0.15, 0.2) is 152 Å². The molecule has 9 rings (SSSR count). The monoisotopic (exact) mass is 741 g/mol. The Morgan fingerprint density at radius 2 is 0.842 bits per heavy atom. The summed E-state index contributed by atoms with van der Waals surface area (Å²) in [5.74, 6) is 0. The number of benzene rings is 7. The van der Waals surface area contributed by atoms with Gasteiger partial charge < -0.3 is 4.90 Å². The molecule has 57 heavy (non-hydrogen) atoms. The summed E-state index contributed by atoms with van der Waals surface area (Å²) in [7, 11) is 0. The first-order valence-electron chi connectivity index (χ1n) is 20.7. The summed E-state index contributed by atoms with van der Waals surface area (Å²) in [6, 6.07) is 57.2. The summed E-state index contributed by atoms with van der Waals surface area (Å²) in [4.78, 5) is 2.43. The van der Waals surface area contributed by atoms with Crippen LogP contribution >= 0.6 is 0 Å². The molecule has 0 N–H and O–H groups in total. The minimum Gasteiger partial charge on any atom is -0.310 e. The minimum absolute atomic E-state index is 0.00879. The summed E-state index contributed by atoms with van der Waals surface area (Å²) < 4.78 is 0. The molecule has 0 aromatic heterocycles. The van der Waals surface area contributed by atoms with Gasteiger partial charge in [-0.3, -0.25) is 0 Å². The van der Waals surface area contributed by atoms with E-state index in [1.54, 1.807) is 0 Å². The molecule has 0 aliphatic heterocycles. The van der Waals surface area contributed by atoms with Crippen LogP contribution in [0.5, 0.6) is 0 Å². The Hall–Kier alpha value is -5.66.